The highest BCUT2D eigenvalue weighted by molar-refractivity contribution is 8.04. The Morgan fingerprint density at radius 2 is 2.08 bits per heavy atom. The zero-order chi connectivity index (χ0) is 18.8. The second-order valence-electron chi connectivity index (χ2n) is 6.06. The van der Waals surface area contributed by atoms with Gasteiger partial charge < -0.3 is 19.7 Å². The molecule has 2 aliphatic heterocycles. The molecule has 3 atom stereocenters. The summed E-state index contributed by atoms with van der Waals surface area (Å²) >= 11 is 1.20. The third-order valence-electron chi connectivity index (χ3n) is 4.25. The van der Waals surface area contributed by atoms with Crippen LogP contribution in [0.5, 0.6) is 0 Å². The van der Waals surface area contributed by atoms with Crippen molar-refractivity contribution >= 4 is 29.6 Å². The van der Waals surface area contributed by atoms with E-state index in [0.717, 1.165) is 4.90 Å². The monoisotopic (exact) mass is 378 g/mol. The molecule has 0 aliphatic carbocycles. The highest BCUT2D eigenvalue weighted by Gasteiger charge is 2.56. The highest BCUT2D eigenvalue weighted by atomic mass is 32.2. The fraction of sp³-hybridized carbons (Fsp3) is 0.412. The summed E-state index contributed by atoms with van der Waals surface area (Å²) in [6.07, 6.45) is 2.78. The summed E-state index contributed by atoms with van der Waals surface area (Å²) in [5.41, 5.74) is -0.185. The largest absolute Gasteiger partial charge is 0.543 e. The van der Waals surface area contributed by atoms with Crippen molar-refractivity contribution in [2.75, 3.05) is 6.61 Å². The molecule has 1 aromatic rings. The van der Waals surface area contributed by atoms with Crippen LogP contribution >= 0.6 is 11.8 Å². The summed E-state index contributed by atoms with van der Waals surface area (Å²) < 4.78 is 6.82. The van der Waals surface area contributed by atoms with Gasteiger partial charge in [-0.15, -0.1) is 11.8 Å². The molecule has 3 heterocycles. The number of aliphatic carboxylic acids is 1. The lowest BCUT2D eigenvalue weighted by atomic mass is 9.92. The first-order valence-corrected chi connectivity index (χ1v) is 9.00. The standard InChI is InChI=1S/C17H18N2O6S/c1-10(20)13-15(22)19-14(17(23)24)11(26-16(13)19)5-8-25-12(21)9-18-6-3-2-4-7-18/h2-4,6-7,10,13,16,20H,5,8-9H2,1H3/t10-,13+,16-/m1/s1. The number of carbonyl (C=O) groups excluding carboxylic acids is 3. The van der Waals surface area contributed by atoms with E-state index in [1.54, 1.807) is 29.1 Å². The van der Waals surface area contributed by atoms with Crippen molar-refractivity contribution in [1.82, 2.24) is 4.90 Å². The first kappa shape index (κ1) is 18.4. The number of amides is 1. The molecule has 9 heteroatoms. The van der Waals surface area contributed by atoms with Crippen molar-refractivity contribution in [2.45, 2.75) is 31.4 Å². The van der Waals surface area contributed by atoms with Gasteiger partial charge >= 0.3 is 5.97 Å². The van der Waals surface area contributed by atoms with Crippen LogP contribution in [-0.4, -0.2) is 45.9 Å². The fourth-order valence-electron chi connectivity index (χ4n) is 3.01. The molecular weight excluding hydrogens is 360 g/mol. The van der Waals surface area contributed by atoms with Crippen molar-refractivity contribution in [1.29, 1.82) is 0 Å². The molecule has 1 N–H and O–H groups in total. The normalized spacial score (nSPS) is 22.7. The Balaban J connectivity index is 1.58. The Morgan fingerprint density at radius 1 is 1.38 bits per heavy atom. The third kappa shape index (κ3) is 3.45. The number of fused-ring (bicyclic) bond motifs is 1. The van der Waals surface area contributed by atoms with Crippen LogP contribution in [-0.2, 0) is 25.7 Å². The first-order chi connectivity index (χ1) is 12.4. The van der Waals surface area contributed by atoms with Crippen LogP contribution in [0.15, 0.2) is 41.2 Å². The zero-order valence-corrected chi connectivity index (χ0v) is 14.8. The number of aliphatic hydroxyl groups is 1. The molecular formula is C17H18N2O6S. The van der Waals surface area contributed by atoms with Gasteiger partial charge in [0.05, 0.1) is 30.3 Å². The minimum absolute atomic E-state index is 0.000560. The number of β-lactam (4-membered cyclic amide) rings is 1. The van der Waals surface area contributed by atoms with Gasteiger partial charge in [0.1, 0.15) is 5.37 Å². The van der Waals surface area contributed by atoms with E-state index in [2.05, 4.69) is 0 Å². The van der Waals surface area contributed by atoms with Gasteiger partial charge in [-0.25, -0.2) is 4.79 Å². The predicted molar refractivity (Wildman–Crippen MR) is 87.6 cm³/mol. The van der Waals surface area contributed by atoms with Crippen molar-refractivity contribution in [3.63, 3.8) is 0 Å². The molecule has 0 unspecified atom stereocenters. The molecule has 1 saturated heterocycles. The van der Waals surface area contributed by atoms with Gasteiger partial charge in [-0.3, -0.25) is 9.69 Å². The maximum atomic E-state index is 12.1. The number of aromatic nitrogens is 1. The van der Waals surface area contributed by atoms with Crippen LogP contribution in [0.1, 0.15) is 13.3 Å². The molecule has 0 saturated carbocycles. The average molecular weight is 378 g/mol. The molecule has 0 radical (unpaired) electrons. The average Bonchev–Trinajstić information content (AvgIpc) is 2.90. The summed E-state index contributed by atoms with van der Waals surface area (Å²) in [5.74, 6) is -2.95. The SMILES string of the molecule is C[C@@H](O)[C@H]1C(=O)N2C(C(=O)[O-])=C(CCOC(=O)C[n+]3ccccc3)S[C@H]12. The molecule has 26 heavy (non-hydrogen) atoms. The number of ether oxygens (including phenoxy) is 1. The maximum absolute atomic E-state index is 12.1. The number of hydrogen-bond donors (Lipinski definition) is 1. The number of nitrogens with zero attached hydrogens (tertiary/aromatic N) is 2. The number of thioether (sulfide) groups is 1. The molecule has 0 bridgehead atoms. The maximum Gasteiger partial charge on any atom is 0.372 e. The van der Waals surface area contributed by atoms with Gasteiger partial charge in [0.15, 0.2) is 12.4 Å². The van der Waals surface area contributed by atoms with Gasteiger partial charge in [0.2, 0.25) is 12.5 Å². The second kappa shape index (κ2) is 7.46. The summed E-state index contributed by atoms with van der Waals surface area (Å²) in [6.45, 7) is 1.55. The lowest BCUT2D eigenvalue weighted by Gasteiger charge is -2.44. The molecule has 1 amide bonds. The molecule has 8 nitrogen and oxygen atoms in total. The number of carboxylic acids is 1. The number of hydrogen-bond acceptors (Lipinski definition) is 7. The predicted octanol–water partition coefficient (Wildman–Crippen LogP) is -1.22. The van der Waals surface area contributed by atoms with Crippen LogP contribution < -0.4 is 9.67 Å². The molecule has 3 rings (SSSR count). The molecule has 1 fully saturated rings. The van der Waals surface area contributed by atoms with E-state index < -0.39 is 35.2 Å². The number of aliphatic hydroxyl groups excluding tert-OH is 1. The number of carboxylic acid groups (broad SMARTS) is 1. The number of carbonyl (C=O) groups is 3. The Bertz CT molecular complexity index is 764. The Labute approximate surface area is 154 Å². The number of rotatable bonds is 7. The van der Waals surface area contributed by atoms with Crippen molar-refractivity contribution in [3.05, 3.63) is 41.2 Å². The minimum Gasteiger partial charge on any atom is -0.543 e. The molecule has 0 aromatic carbocycles. The van der Waals surface area contributed by atoms with E-state index in [-0.39, 0.29) is 25.3 Å². The van der Waals surface area contributed by atoms with E-state index in [9.17, 15) is 24.6 Å². The van der Waals surface area contributed by atoms with Gasteiger partial charge in [-0.1, -0.05) is 6.07 Å². The van der Waals surface area contributed by atoms with Crippen LogP contribution in [0.3, 0.4) is 0 Å². The zero-order valence-electron chi connectivity index (χ0n) is 14.0. The van der Waals surface area contributed by atoms with E-state index >= 15 is 0 Å². The quantitative estimate of drug-likeness (QED) is 0.360. The lowest BCUT2D eigenvalue weighted by Crippen LogP contribution is -2.61. The summed E-state index contributed by atoms with van der Waals surface area (Å²) in [6, 6.07) is 5.41. The van der Waals surface area contributed by atoms with Crippen molar-refractivity contribution in [3.8, 4) is 0 Å². The van der Waals surface area contributed by atoms with Crippen molar-refractivity contribution in [2.24, 2.45) is 5.92 Å². The van der Waals surface area contributed by atoms with E-state index in [1.165, 1.54) is 18.7 Å². The Morgan fingerprint density at radius 3 is 2.69 bits per heavy atom. The van der Waals surface area contributed by atoms with Crippen LogP contribution in [0.4, 0.5) is 0 Å². The van der Waals surface area contributed by atoms with Gasteiger partial charge in [-0.05, 0) is 6.92 Å². The van der Waals surface area contributed by atoms with Gasteiger partial charge in [0.25, 0.3) is 0 Å². The first-order valence-electron chi connectivity index (χ1n) is 8.12. The van der Waals surface area contributed by atoms with E-state index in [0.29, 0.717) is 4.91 Å². The smallest absolute Gasteiger partial charge is 0.372 e. The number of esters is 1. The molecule has 138 valence electrons. The van der Waals surface area contributed by atoms with E-state index in [4.69, 9.17) is 4.74 Å². The topological polar surface area (TPSA) is 111 Å². The summed E-state index contributed by atoms with van der Waals surface area (Å²) in [4.78, 5) is 36.9. The molecule has 1 aromatic heterocycles. The summed E-state index contributed by atoms with van der Waals surface area (Å²) in [7, 11) is 0. The summed E-state index contributed by atoms with van der Waals surface area (Å²) in [5, 5.41) is 20.6. The minimum atomic E-state index is -1.45. The van der Waals surface area contributed by atoms with Crippen LogP contribution in [0.25, 0.3) is 0 Å². The van der Waals surface area contributed by atoms with Gasteiger partial charge in [0, 0.05) is 23.5 Å². The van der Waals surface area contributed by atoms with E-state index in [1.807, 2.05) is 6.07 Å². The Hall–Kier alpha value is -2.39. The second-order valence-corrected chi connectivity index (χ2v) is 7.27. The lowest BCUT2D eigenvalue weighted by molar-refractivity contribution is -0.686. The molecule has 0 spiro atoms. The third-order valence-corrected chi connectivity index (χ3v) is 5.67. The Kier molecular flexibility index (Phi) is 5.28. The highest BCUT2D eigenvalue weighted by Crippen LogP contribution is 2.50. The van der Waals surface area contributed by atoms with Crippen molar-refractivity contribution < 1.29 is 33.9 Å². The fourth-order valence-corrected chi connectivity index (χ4v) is 4.60. The number of pyridine rings is 1. The van der Waals surface area contributed by atoms with Crippen LogP contribution in [0, 0.1) is 5.92 Å². The van der Waals surface area contributed by atoms with Crippen LogP contribution in [0.2, 0.25) is 0 Å². The van der Waals surface area contributed by atoms with Gasteiger partial charge in [-0.2, -0.15) is 4.57 Å². The molecule has 2 aliphatic rings.